The fourth-order valence-electron chi connectivity index (χ4n) is 2.62. The molecular weight excluding hydrogens is 230 g/mol. The lowest BCUT2D eigenvalue weighted by Gasteiger charge is -2.18. The standard InChI is InChI=1S/C14H21NO3/c1-9-7-10(8-15-9)11-5-6-12(16-2)14(18-4)13(11)17-3/h5-6,9-10,15H,7-8H2,1-4H3. The Labute approximate surface area is 108 Å². The molecule has 2 atom stereocenters. The van der Waals surface area contributed by atoms with E-state index in [2.05, 4.69) is 18.3 Å². The van der Waals surface area contributed by atoms with Gasteiger partial charge in [0.15, 0.2) is 11.5 Å². The lowest BCUT2D eigenvalue weighted by molar-refractivity contribution is 0.321. The molecule has 0 spiro atoms. The van der Waals surface area contributed by atoms with Gasteiger partial charge in [0.1, 0.15) is 0 Å². The molecule has 0 amide bonds. The molecule has 0 radical (unpaired) electrons. The van der Waals surface area contributed by atoms with Gasteiger partial charge in [-0.05, 0) is 19.4 Å². The molecule has 18 heavy (non-hydrogen) atoms. The summed E-state index contributed by atoms with van der Waals surface area (Å²) in [6.45, 7) is 3.18. The SMILES string of the molecule is COc1ccc(C2CNC(C)C2)c(OC)c1OC. The number of nitrogens with one attached hydrogen (secondary N) is 1. The third-order valence-corrected chi connectivity index (χ3v) is 3.53. The molecule has 1 aromatic rings. The monoisotopic (exact) mass is 251 g/mol. The molecule has 1 N–H and O–H groups in total. The average Bonchev–Trinajstić information content (AvgIpc) is 2.83. The Balaban J connectivity index is 2.41. The Kier molecular flexibility index (Phi) is 3.97. The Bertz CT molecular complexity index is 420. The fraction of sp³-hybridized carbons (Fsp3) is 0.571. The minimum Gasteiger partial charge on any atom is -0.493 e. The maximum atomic E-state index is 5.52. The van der Waals surface area contributed by atoms with Crippen molar-refractivity contribution in [2.24, 2.45) is 0 Å². The van der Waals surface area contributed by atoms with E-state index < -0.39 is 0 Å². The minimum absolute atomic E-state index is 0.467. The zero-order valence-electron chi connectivity index (χ0n) is 11.4. The van der Waals surface area contributed by atoms with Crippen LogP contribution in [-0.2, 0) is 0 Å². The highest BCUT2D eigenvalue weighted by Gasteiger charge is 2.27. The highest BCUT2D eigenvalue weighted by atomic mass is 16.5. The topological polar surface area (TPSA) is 39.7 Å². The van der Waals surface area contributed by atoms with Crippen molar-refractivity contribution < 1.29 is 14.2 Å². The van der Waals surface area contributed by atoms with Gasteiger partial charge in [0, 0.05) is 24.1 Å². The van der Waals surface area contributed by atoms with Crippen LogP contribution in [0.4, 0.5) is 0 Å². The maximum absolute atomic E-state index is 5.52. The third kappa shape index (κ3) is 2.25. The van der Waals surface area contributed by atoms with Gasteiger partial charge in [-0.1, -0.05) is 6.07 Å². The molecule has 1 fully saturated rings. The number of ether oxygens (including phenoxy) is 3. The van der Waals surface area contributed by atoms with Gasteiger partial charge in [-0.25, -0.2) is 0 Å². The molecule has 2 unspecified atom stereocenters. The van der Waals surface area contributed by atoms with E-state index in [1.54, 1.807) is 21.3 Å². The number of benzene rings is 1. The Morgan fingerprint density at radius 1 is 1.06 bits per heavy atom. The van der Waals surface area contributed by atoms with E-state index in [0.717, 1.165) is 18.7 Å². The van der Waals surface area contributed by atoms with E-state index in [-0.39, 0.29) is 0 Å². The Morgan fingerprint density at radius 3 is 2.28 bits per heavy atom. The summed E-state index contributed by atoms with van der Waals surface area (Å²) >= 11 is 0. The van der Waals surface area contributed by atoms with Gasteiger partial charge in [-0.2, -0.15) is 0 Å². The summed E-state index contributed by atoms with van der Waals surface area (Å²) in [6, 6.07) is 4.57. The molecule has 4 nitrogen and oxygen atoms in total. The summed E-state index contributed by atoms with van der Waals surface area (Å²) in [4.78, 5) is 0. The second kappa shape index (κ2) is 5.48. The van der Waals surface area contributed by atoms with Crippen LogP contribution in [-0.4, -0.2) is 33.9 Å². The van der Waals surface area contributed by atoms with Crippen LogP contribution in [0.3, 0.4) is 0 Å². The Hall–Kier alpha value is -1.42. The first kappa shape index (κ1) is 13.0. The van der Waals surface area contributed by atoms with Crippen molar-refractivity contribution in [3.8, 4) is 17.2 Å². The van der Waals surface area contributed by atoms with Gasteiger partial charge in [-0.15, -0.1) is 0 Å². The molecule has 1 aromatic carbocycles. The molecule has 0 bridgehead atoms. The molecule has 0 aliphatic carbocycles. The normalized spacial score (nSPS) is 22.9. The molecule has 1 saturated heterocycles. The predicted octanol–water partition coefficient (Wildman–Crippen LogP) is 2.18. The molecule has 1 aliphatic rings. The van der Waals surface area contributed by atoms with Crippen LogP contribution in [0.15, 0.2) is 12.1 Å². The molecule has 4 heteroatoms. The fourth-order valence-corrected chi connectivity index (χ4v) is 2.62. The first-order chi connectivity index (χ1) is 8.71. The molecule has 0 saturated carbocycles. The maximum Gasteiger partial charge on any atom is 0.203 e. The van der Waals surface area contributed by atoms with E-state index in [1.807, 2.05) is 6.07 Å². The largest absolute Gasteiger partial charge is 0.493 e. The lowest BCUT2D eigenvalue weighted by Crippen LogP contribution is -2.16. The average molecular weight is 251 g/mol. The molecule has 100 valence electrons. The van der Waals surface area contributed by atoms with Crippen LogP contribution < -0.4 is 19.5 Å². The van der Waals surface area contributed by atoms with Crippen molar-refractivity contribution in [1.82, 2.24) is 5.32 Å². The van der Waals surface area contributed by atoms with Gasteiger partial charge in [0.05, 0.1) is 21.3 Å². The summed E-state index contributed by atoms with van der Waals surface area (Å²) in [7, 11) is 4.95. The number of methoxy groups -OCH3 is 3. The minimum atomic E-state index is 0.467. The molecule has 0 aromatic heterocycles. The summed E-state index contributed by atoms with van der Waals surface area (Å²) in [5, 5.41) is 3.46. The predicted molar refractivity (Wildman–Crippen MR) is 70.9 cm³/mol. The zero-order valence-corrected chi connectivity index (χ0v) is 11.4. The molecular formula is C14H21NO3. The van der Waals surface area contributed by atoms with Crippen molar-refractivity contribution in [2.45, 2.75) is 25.3 Å². The number of hydrogen-bond donors (Lipinski definition) is 1. The Morgan fingerprint density at radius 2 is 1.78 bits per heavy atom. The van der Waals surface area contributed by atoms with Crippen LogP contribution in [0, 0.1) is 0 Å². The van der Waals surface area contributed by atoms with E-state index in [0.29, 0.717) is 23.5 Å². The van der Waals surface area contributed by atoms with Crippen molar-refractivity contribution in [1.29, 1.82) is 0 Å². The van der Waals surface area contributed by atoms with Crippen molar-refractivity contribution in [3.05, 3.63) is 17.7 Å². The third-order valence-electron chi connectivity index (χ3n) is 3.53. The van der Waals surface area contributed by atoms with Gasteiger partial charge in [0.2, 0.25) is 5.75 Å². The van der Waals surface area contributed by atoms with Crippen LogP contribution in [0.1, 0.15) is 24.8 Å². The highest BCUT2D eigenvalue weighted by molar-refractivity contribution is 5.57. The second-order valence-electron chi connectivity index (χ2n) is 4.67. The van der Waals surface area contributed by atoms with E-state index in [1.165, 1.54) is 5.56 Å². The summed E-state index contributed by atoms with van der Waals surface area (Å²) in [5.41, 5.74) is 1.19. The summed E-state index contributed by atoms with van der Waals surface area (Å²) in [5.74, 6) is 2.64. The molecule has 1 heterocycles. The van der Waals surface area contributed by atoms with Crippen molar-refractivity contribution in [3.63, 3.8) is 0 Å². The van der Waals surface area contributed by atoms with Crippen LogP contribution in [0.25, 0.3) is 0 Å². The van der Waals surface area contributed by atoms with Crippen molar-refractivity contribution in [2.75, 3.05) is 27.9 Å². The highest BCUT2D eigenvalue weighted by Crippen LogP contribution is 2.44. The second-order valence-corrected chi connectivity index (χ2v) is 4.67. The van der Waals surface area contributed by atoms with E-state index in [4.69, 9.17) is 14.2 Å². The number of hydrogen-bond acceptors (Lipinski definition) is 4. The first-order valence-corrected chi connectivity index (χ1v) is 6.23. The first-order valence-electron chi connectivity index (χ1n) is 6.23. The van der Waals surface area contributed by atoms with Gasteiger partial charge in [0.25, 0.3) is 0 Å². The van der Waals surface area contributed by atoms with Gasteiger partial charge < -0.3 is 19.5 Å². The van der Waals surface area contributed by atoms with Crippen molar-refractivity contribution >= 4 is 0 Å². The lowest BCUT2D eigenvalue weighted by atomic mass is 9.95. The number of rotatable bonds is 4. The summed E-state index contributed by atoms with van der Waals surface area (Å²) < 4.78 is 16.2. The molecule has 2 rings (SSSR count). The smallest absolute Gasteiger partial charge is 0.203 e. The van der Waals surface area contributed by atoms with E-state index >= 15 is 0 Å². The van der Waals surface area contributed by atoms with E-state index in [9.17, 15) is 0 Å². The van der Waals surface area contributed by atoms with Crippen LogP contribution in [0.5, 0.6) is 17.2 Å². The van der Waals surface area contributed by atoms with Gasteiger partial charge >= 0.3 is 0 Å². The van der Waals surface area contributed by atoms with Crippen LogP contribution in [0.2, 0.25) is 0 Å². The van der Waals surface area contributed by atoms with Gasteiger partial charge in [-0.3, -0.25) is 0 Å². The summed E-state index contributed by atoms with van der Waals surface area (Å²) in [6.07, 6.45) is 1.12. The quantitative estimate of drug-likeness (QED) is 0.890. The molecule has 1 aliphatic heterocycles. The zero-order chi connectivity index (χ0) is 13.1. The van der Waals surface area contributed by atoms with Crippen LogP contribution >= 0.6 is 0 Å².